The zero-order chi connectivity index (χ0) is 14.0. The van der Waals surface area contributed by atoms with Gasteiger partial charge in [0, 0.05) is 4.47 Å². The molecule has 0 saturated carbocycles. The molecule has 3 nitrogen and oxygen atoms in total. The molecule has 2 aromatic carbocycles. The summed E-state index contributed by atoms with van der Waals surface area (Å²) in [4.78, 5) is 11.3. The second-order valence-electron chi connectivity index (χ2n) is 3.84. The van der Waals surface area contributed by atoms with Gasteiger partial charge in [0.2, 0.25) is 0 Å². The number of hydrogen-bond acceptors (Lipinski definition) is 2. The molecule has 0 spiro atoms. The summed E-state index contributed by atoms with van der Waals surface area (Å²) in [5.41, 5.74) is 1.58. The van der Waals surface area contributed by atoms with Crippen LogP contribution in [0, 0.1) is 0 Å². The molecule has 0 unspecified atom stereocenters. The minimum Gasteiger partial charge on any atom is -0.495 e. The second-order valence-corrected chi connectivity index (χ2v) is 5.17. The Morgan fingerprint density at radius 3 is 2.63 bits per heavy atom. The zero-order valence-corrected chi connectivity index (χ0v) is 12.3. The van der Waals surface area contributed by atoms with Crippen molar-refractivity contribution in [2.24, 2.45) is 0 Å². The summed E-state index contributed by atoms with van der Waals surface area (Å²) in [6.45, 7) is 0. The van der Waals surface area contributed by atoms with Gasteiger partial charge >= 0.3 is 5.97 Å². The summed E-state index contributed by atoms with van der Waals surface area (Å²) in [6, 6.07) is 10.3. The van der Waals surface area contributed by atoms with Crippen LogP contribution < -0.4 is 4.74 Å². The van der Waals surface area contributed by atoms with Gasteiger partial charge in [-0.05, 0) is 35.4 Å². The Morgan fingerprint density at radius 2 is 2.00 bits per heavy atom. The average Bonchev–Trinajstić information content (AvgIpc) is 2.39. The summed E-state index contributed by atoms with van der Waals surface area (Å²) in [6.07, 6.45) is 0. The molecule has 2 aromatic rings. The molecule has 0 heterocycles. The Hall–Kier alpha value is -1.52. The van der Waals surface area contributed by atoms with Crippen LogP contribution in [0.15, 0.2) is 40.9 Å². The molecule has 19 heavy (non-hydrogen) atoms. The molecule has 0 atom stereocenters. The molecule has 0 bridgehead atoms. The van der Waals surface area contributed by atoms with Crippen LogP contribution in [0.5, 0.6) is 5.75 Å². The molecule has 0 amide bonds. The number of benzene rings is 2. The minimum absolute atomic E-state index is 0.221. The summed E-state index contributed by atoms with van der Waals surface area (Å²) in [7, 11) is 1.52. The molecule has 1 N–H and O–H groups in total. The number of methoxy groups -OCH3 is 1. The van der Waals surface area contributed by atoms with Crippen LogP contribution in [0.3, 0.4) is 0 Å². The molecule has 98 valence electrons. The van der Waals surface area contributed by atoms with E-state index in [4.69, 9.17) is 16.3 Å². The lowest BCUT2D eigenvalue weighted by Crippen LogP contribution is -1.99. The van der Waals surface area contributed by atoms with E-state index in [1.807, 2.05) is 0 Å². The number of aromatic carboxylic acids is 1. The first-order chi connectivity index (χ1) is 9.02. The fourth-order valence-corrected chi connectivity index (χ4v) is 2.33. The van der Waals surface area contributed by atoms with Gasteiger partial charge in [-0.2, -0.15) is 0 Å². The molecule has 0 aliphatic rings. The van der Waals surface area contributed by atoms with Gasteiger partial charge in [-0.15, -0.1) is 0 Å². The Kier molecular flexibility index (Phi) is 4.12. The van der Waals surface area contributed by atoms with Crippen molar-refractivity contribution in [3.63, 3.8) is 0 Å². The van der Waals surface area contributed by atoms with E-state index in [1.165, 1.54) is 7.11 Å². The fourth-order valence-electron chi connectivity index (χ4n) is 1.77. The summed E-state index contributed by atoms with van der Waals surface area (Å²) in [5, 5.41) is 9.74. The molecular weight excluding hydrogens is 332 g/mol. The predicted molar refractivity (Wildman–Crippen MR) is 78.1 cm³/mol. The highest BCUT2D eigenvalue weighted by Gasteiger charge is 2.13. The number of carboxylic acid groups (broad SMARTS) is 1. The van der Waals surface area contributed by atoms with Crippen LogP contribution in [-0.2, 0) is 0 Å². The number of ether oxygens (including phenoxy) is 1. The third-order valence-corrected chi connectivity index (χ3v) is 3.48. The van der Waals surface area contributed by atoms with Gasteiger partial charge in [-0.1, -0.05) is 39.7 Å². The van der Waals surface area contributed by atoms with E-state index in [0.29, 0.717) is 16.3 Å². The Balaban J connectivity index is 2.61. The van der Waals surface area contributed by atoms with Crippen molar-refractivity contribution in [3.8, 4) is 16.9 Å². The molecule has 0 aromatic heterocycles. The molecule has 0 aliphatic heterocycles. The third-order valence-electron chi connectivity index (χ3n) is 2.67. The average molecular weight is 342 g/mol. The van der Waals surface area contributed by atoms with E-state index < -0.39 is 5.97 Å². The highest BCUT2D eigenvalue weighted by atomic mass is 79.9. The van der Waals surface area contributed by atoms with Gasteiger partial charge in [-0.25, -0.2) is 4.79 Å². The van der Waals surface area contributed by atoms with E-state index in [9.17, 15) is 9.90 Å². The van der Waals surface area contributed by atoms with Crippen LogP contribution in [0.1, 0.15) is 10.4 Å². The Morgan fingerprint density at radius 1 is 1.26 bits per heavy atom. The number of rotatable bonds is 3. The predicted octanol–water partition coefficient (Wildman–Crippen LogP) is 4.48. The monoisotopic (exact) mass is 340 g/mol. The molecule has 5 heteroatoms. The lowest BCUT2D eigenvalue weighted by molar-refractivity contribution is 0.0697. The van der Waals surface area contributed by atoms with Crippen molar-refractivity contribution < 1.29 is 14.6 Å². The van der Waals surface area contributed by atoms with Gasteiger partial charge in [0.15, 0.2) is 0 Å². The van der Waals surface area contributed by atoms with E-state index in [0.717, 1.165) is 10.0 Å². The Bertz CT molecular complexity index is 641. The Labute approximate surface area is 123 Å². The van der Waals surface area contributed by atoms with Gasteiger partial charge < -0.3 is 9.84 Å². The third kappa shape index (κ3) is 2.91. The maximum absolute atomic E-state index is 11.3. The first-order valence-corrected chi connectivity index (χ1v) is 6.57. The maximum atomic E-state index is 11.3. The quantitative estimate of drug-likeness (QED) is 0.895. The summed E-state index contributed by atoms with van der Waals surface area (Å²) >= 11 is 9.23. The van der Waals surface area contributed by atoms with Crippen LogP contribution in [-0.4, -0.2) is 18.2 Å². The number of hydrogen-bond donors (Lipinski definition) is 1. The summed E-state index contributed by atoms with van der Waals surface area (Å²) in [5.74, 6) is -0.469. The number of carbonyl (C=O) groups is 1. The SMILES string of the molecule is COc1cc(-c2ccc(Br)cc2C(=O)O)ccc1Cl. The number of halogens is 2. The fraction of sp³-hybridized carbons (Fsp3) is 0.0714. The molecule has 0 aliphatic carbocycles. The largest absolute Gasteiger partial charge is 0.495 e. The van der Waals surface area contributed by atoms with Gasteiger partial charge in [0.1, 0.15) is 5.75 Å². The van der Waals surface area contributed by atoms with E-state index in [-0.39, 0.29) is 5.56 Å². The zero-order valence-electron chi connectivity index (χ0n) is 9.98. The molecule has 0 radical (unpaired) electrons. The first kappa shape index (κ1) is 13.9. The molecule has 0 fully saturated rings. The van der Waals surface area contributed by atoms with E-state index in [1.54, 1.807) is 36.4 Å². The number of carboxylic acids is 1. The van der Waals surface area contributed by atoms with Crippen LogP contribution in [0.4, 0.5) is 0 Å². The smallest absolute Gasteiger partial charge is 0.336 e. The minimum atomic E-state index is -0.981. The first-order valence-electron chi connectivity index (χ1n) is 5.39. The maximum Gasteiger partial charge on any atom is 0.336 e. The van der Waals surface area contributed by atoms with Crippen molar-refractivity contribution >= 4 is 33.5 Å². The van der Waals surface area contributed by atoms with Crippen molar-refractivity contribution in [1.29, 1.82) is 0 Å². The van der Waals surface area contributed by atoms with Crippen LogP contribution >= 0.6 is 27.5 Å². The van der Waals surface area contributed by atoms with Gasteiger partial charge in [-0.3, -0.25) is 0 Å². The van der Waals surface area contributed by atoms with Crippen molar-refractivity contribution in [2.75, 3.05) is 7.11 Å². The van der Waals surface area contributed by atoms with Crippen molar-refractivity contribution in [2.45, 2.75) is 0 Å². The lowest BCUT2D eigenvalue weighted by Gasteiger charge is -2.09. The molecular formula is C14H10BrClO3. The van der Waals surface area contributed by atoms with Crippen LogP contribution in [0.25, 0.3) is 11.1 Å². The highest BCUT2D eigenvalue weighted by molar-refractivity contribution is 9.10. The van der Waals surface area contributed by atoms with Crippen molar-refractivity contribution in [3.05, 3.63) is 51.5 Å². The topological polar surface area (TPSA) is 46.5 Å². The lowest BCUT2D eigenvalue weighted by atomic mass is 9.99. The second kappa shape index (κ2) is 5.63. The molecule has 0 saturated heterocycles. The van der Waals surface area contributed by atoms with Crippen LogP contribution in [0.2, 0.25) is 5.02 Å². The normalized spacial score (nSPS) is 10.3. The summed E-state index contributed by atoms with van der Waals surface area (Å²) < 4.78 is 5.86. The van der Waals surface area contributed by atoms with Gasteiger partial charge in [0.25, 0.3) is 0 Å². The highest BCUT2D eigenvalue weighted by Crippen LogP contribution is 2.33. The van der Waals surface area contributed by atoms with Gasteiger partial charge in [0.05, 0.1) is 17.7 Å². The van der Waals surface area contributed by atoms with Crippen molar-refractivity contribution in [1.82, 2.24) is 0 Å². The molecule has 2 rings (SSSR count). The standard InChI is InChI=1S/C14H10BrClO3/c1-19-13-6-8(2-5-12(13)16)10-4-3-9(15)7-11(10)14(17)18/h2-7H,1H3,(H,17,18). The van der Waals surface area contributed by atoms with E-state index in [2.05, 4.69) is 15.9 Å². The van der Waals surface area contributed by atoms with E-state index >= 15 is 0 Å².